The Morgan fingerprint density at radius 1 is 1.20 bits per heavy atom. The molecule has 1 unspecified atom stereocenters. The van der Waals surface area contributed by atoms with Crippen LogP contribution in [0.5, 0.6) is 11.5 Å². The molecule has 0 aliphatic rings. The Hall–Kier alpha value is -0.930. The smallest absolute Gasteiger partial charge is 0.162 e. The average Bonchev–Trinajstić information content (AvgIpc) is 2.27. The second-order valence-electron chi connectivity index (χ2n) is 3.24. The molecule has 0 spiro atoms. The molecule has 0 fully saturated rings. The van der Waals surface area contributed by atoms with E-state index in [1.165, 1.54) is 0 Å². The lowest BCUT2D eigenvalue weighted by atomic mass is 10.1. The highest BCUT2D eigenvalue weighted by molar-refractivity contribution is 6.31. The van der Waals surface area contributed by atoms with Gasteiger partial charge in [0, 0.05) is 17.1 Å². The van der Waals surface area contributed by atoms with Gasteiger partial charge in [0.05, 0.1) is 14.2 Å². The molecule has 1 atom stereocenters. The first-order valence-corrected chi connectivity index (χ1v) is 5.10. The van der Waals surface area contributed by atoms with Crippen molar-refractivity contribution >= 4 is 11.6 Å². The highest BCUT2D eigenvalue weighted by atomic mass is 35.5. The van der Waals surface area contributed by atoms with E-state index in [2.05, 4.69) is 5.32 Å². The molecule has 1 aromatic rings. The third-order valence-corrected chi connectivity index (χ3v) is 2.73. The number of methoxy groups -OCH3 is 2. The van der Waals surface area contributed by atoms with E-state index >= 15 is 0 Å². The van der Waals surface area contributed by atoms with E-state index in [1.807, 2.05) is 20.0 Å². The van der Waals surface area contributed by atoms with Crippen LogP contribution in [0.15, 0.2) is 12.1 Å². The SMILES string of the molecule is CNC(C)c1cc(OC)c(OC)cc1Cl. The summed E-state index contributed by atoms with van der Waals surface area (Å²) in [5.41, 5.74) is 0.997. The summed E-state index contributed by atoms with van der Waals surface area (Å²) in [5, 5.41) is 3.81. The van der Waals surface area contributed by atoms with Gasteiger partial charge in [-0.15, -0.1) is 0 Å². The van der Waals surface area contributed by atoms with Gasteiger partial charge in [-0.25, -0.2) is 0 Å². The van der Waals surface area contributed by atoms with E-state index in [-0.39, 0.29) is 6.04 Å². The van der Waals surface area contributed by atoms with Gasteiger partial charge in [0.1, 0.15) is 0 Å². The summed E-state index contributed by atoms with van der Waals surface area (Å²) in [6.45, 7) is 2.03. The van der Waals surface area contributed by atoms with Gasteiger partial charge in [-0.1, -0.05) is 11.6 Å². The first-order chi connectivity index (χ1) is 7.13. The molecule has 0 radical (unpaired) electrons. The molecule has 0 amide bonds. The monoisotopic (exact) mass is 229 g/mol. The zero-order valence-corrected chi connectivity index (χ0v) is 10.2. The number of rotatable bonds is 4. The molecular formula is C11H16ClNO2. The Labute approximate surface area is 95.3 Å². The van der Waals surface area contributed by atoms with Gasteiger partial charge in [-0.2, -0.15) is 0 Å². The number of benzene rings is 1. The Morgan fingerprint density at radius 2 is 1.73 bits per heavy atom. The molecule has 0 aliphatic carbocycles. The molecule has 0 aromatic heterocycles. The Morgan fingerprint density at radius 3 is 2.20 bits per heavy atom. The number of ether oxygens (including phenoxy) is 2. The zero-order chi connectivity index (χ0) is 11.4. The van der Waals surface area contributed by atoms with E-state index in [4.69, 9.17) is 21.1 Å². The van der Waals surface area contributed by atoms with Crippen LogP contribution in [0.2, 0.25) is 5.02 Å². The second kappa shape index (κ2) is 5.24. The fourth-order valence-corrected chi connectivity index (χ4v) is 1.67. The zero-order valence-electron chi connectivity index (χ0n) is 9.43. The molecule has 0 heterocycles. The fraction of sp³-hybridized carbons (Fsp3) is 0.455. The summed E-state index contributed by atoms with van der Waals surface area (Å²) in [6, 6.07) is 3.84. The number of nitrogens with one attached hydrogen (secondary N) is 1. The number of hydrogen-bond donors (Lipinski definition) is 1. The molecule has 1 aromatic carbocycles. The van der Waals surface area contributed by atoms with Gasteiger partial charge >= 0.3 is 0 Å². The average molecular weight is 230 g/mol. The van der Waals surface area contributed by atoms with E-state index < -0.39 is 0 Å². The Bertz CT molecular complexity index is 342. The molecule has 15 heavy (non-hydrogen) atoms. The lowest BCUT2D eigenvalue weighted by Crippen LogP contribution is -2.13. The first kappa shape index (κ1) is 12.1. The van der Waals surface area contributed by atoms with E-state index in [0.29, 0.717) is 16.5 Å². The molecule has 0 bridgehead atoms. The Kier molecular flexibility index (Phi) is 4.24. The quantitative estimate of drug-likeness (QED) is 0.861. The predicted molar refractivity (Wildman–Crippen MR) is 62.0 cm³/mol. The van der Waals surface area contributed by atoms with Crippen molar-refractivity contribution in [3.8, 4) is 11.5 Å². The van der Waals surface area contributed by atoms with Crippen LogP contribution in [0.25, 0.3) is 0 Å². The molecule has 3 nitrogen and oxygen atoms in total. The largest absolute Gasteiger partial charge is 0.493 e. The lowest BCUT2D eigenvalue weighted by molar-refractivity contribution is 0.354. The summed E-state index contributed by atoms with van der Waals surface area (Å²) in [7, 11) is 5.09. The van der Waals surface area contributed by atoms with Crippen LogP contribution in [0.1, 0.15) is 18.5 Å². The standard InChI is InChI=1S/C11H16ClNO2/c1-7(13-2)8-5-10(14-3)11(15-4)6-9(8)12/h5-7,13H,1-4H3. The maximum absolute atomic E-state index is 6.14. The maximum Gasteiger partial charge on any atom is 0.162 e. The van der Waals surface area contributed by atoms with Crippen LogP contribution in [-0.4, -0.2) is 21.3 Å². The highest BCUT2D eigenvalue weighted by Gasteiger charge is 2.13. The van der Waals surface area contributed by atoms with Crippen molar-refractivity contribution in [1.82, 2.24) is 5.32 Å². The normalized spacial score (nSPS) is 12.3. The van der Waals surface area contributed by atoms with E-state index in [0.717, 1.165) is 5.56 Å². The van der Waals surface area contributed by atoms with Crippen LogP contribution in [-0.2, 0) is 0 Å². The van der Waals surface area contributed by atoms with E-state index in [1.54, 1.807) is 20.3 Å². The van der Waals surface area contributed by atoms with Gasteiger partial charge in [0.25, 0.3) is 0 Å². The molecule has 4 heteroatoms. The molecule has 84 valence electrons. The van der Waals surface area contributed by atoms with Crippen molar-refractivity contribution in [1.29, 1.82) is 0 Å². The number of hydrogen-bond acceptors (Lipinski definition) is 3. The van der Waals surface area contributed by atoms with Crippen molar-refractivity contribution in [2.75, 3.05) is 21.3 Å². The molecule has 1 rings (SSSR count). The summed E-state index contributed by atoms with van der Waals surface area (Å²) < 4.78 is 10.4. The van der Waals surface area contributed by atoms with Crippen LogP contribution < -0.4 is 14.8 Å². The lowest BCUT2D eigenvalue weighted by Gasteiger charge is -2.16. The predicted octanol–water partition coefficient (Wildman–Crippen LogP) is 2.64. The summed E-state index contributed by atoms with van der Waals surface area (Å²) in [6.07, 6.45) is 0. The van der Waals surface area contributed by atoms with Crippen molar-refractivity contribution in [2.24, 2.45) is 0 Å². The Balaban J connectivity index is 3.19. The molecule has 0 aliphatic heterocycles. The van der Waals surface area contributed by atoms with Crippen molar-refractivity contribution < 1.29 is 9.47 Å². The molecule has 1 N–H and O–H groups in total. The van der Waals surface area contributed by atoms with Crippen LogP contribution in [0, 0.1) is 0 Å². The first-order valence-electron chi connectivity index (χ1n) is 4.72. The minimum Gasteiger partial charge on any atom is -0.493 e. The van der Waals surface area contributed by atoms with Gasteiger partial charge in [0.15, 0.2) is 11.5 Å². The van der Waals surface area contributed by atoms with E-state index in [9.17, 15) is 0 Å². The maximum atomic E-state index is 6.14. The van der Waals surface area contributed by atoms with Crippen molar-refractivity contribution in [2.45, 2.75) is 13.0 Å². The summed E-state index contributed by atoms with van der Waals surface area (Å²) in [4.78, 5) is 0. The summed E-state index contributed by atoms with van der Waals surface area (Å²) >= 11 is 6.14. The molecule has 0 saturated heterocycles. The third-order valence-electron chi connectivity index (χ3n) is 2.40. The van der Waals surface area contributed by atoms with Crippen LogP contribution in [0.3, 0.4) is 0 Å². The molecule has 0 saturated carbocycles. The van der Waals surface area contributed by atoms with Crippen molar-refractivity contribution in [3.63, 3.8) is 0 Å². The van der Waals surface area contributed by atoms with Gasteiger partial charge < -0.3 is 14.8 Å². The van der Waals surface area contributed by atoms with Crippen molar-refractivity contribution in [3.05, 3.63) is 22.7 Å². The number of halogens is 1. The minimum absolute atomic E-state index is 0.178. The molecular weight excluding hydrogens is 214 g/mol. The van der Waals surface area contributed by atoms with Gasteiger partial charge in [-0.3, -0.25) is 0 Å². The second-order valence-corrected chi connectivity index (χ2v) is 3.65. The van der Waals surface area contributed by atoms with Crippen LogP contribution >= 0.6 is 11.6 Å². The highest BCUT2D eigenvalue weighted by Crippen LogP contribution is 2.35. The topological polar surface area (TPSA) is 30.5 Å². The summed E-state index contributed by atoms with van der Waals surface area (Å²) in [5.74, 6) is 1.34. The van der Waals surface area contributed by atoms with Crippen LogP contribution in [0.4, 0.5) is 0 Å². The van der Waals surface area contributed by atoms with Gasteiger partial charge in [0.2, 0.25) is 0 Å². The minimum atomic E-state index is 0.178. The third kappa shape index (κ3) is 2.55. The van der Waals surface area contributed by atoms with Gasteiger partial charge in [-0.05, 0) is 25.6 Å². The fourth-order valence-electron chi connectivity index (χ4n) is 1.36.